The molecule has 1 aliphatic carbocycles. The molecule has 1 saturated carbocycles. The fourth-order valence-electron chi connectivity index (χ4n) is 4.49. The van der Waals surface area contributed by atoms with Crippen molar-refractivity contribution in [1.29, 1.82) is 5.26 Å². The van der Waals surface area contributed by atoms with Gasteiger partial charge in [0, 0.05) is 31.7 Å². The highest BCUT2D eigenvalue weighted by Crippen LogP contribution is 2.30. The standard InChI is InChI=1S/C27H36ClN7O3.C2HF3O2/c1-27(2,3)18-34(26(37)38)14-13-33(4)17-19-9-11-20(12-10-19)25(36)32-35(21-7-5-6-8-21)24-22(28)16-30-23(15-29)31-24;3-2(4,5)1(6)7/h9-12,16,21H,5-8,13-14,17-18H2,1-4H3,(H,32,36)(H,37,38);(H,6,7). The summed E-state index contributed by atoms with van der Waals surface area (Å²) in [5.41, 5.74) is 4.32. The van der Waals surface area contributed by atoms with E-state index in [1.165, 1.54) is 11.1 Å². The van der Waals surface area contributed by atoms with Crippen molar-refractivity contribution in [3.05, 3.63) is 52.4 Å². The van der Waals surface area contributed by atoms with Gasteiger partial charge in [-0.15, -0.1) is 0 Å². The molecule has 1 aliphatic rings. The molecular formula is C29H37ClF3N7O5. The summed E-state index contributed by atoms with van der Waals surface area (Å²) < 4.78 is 31.7. The Morgan fingerprint density at radius 2 is 1.67 bits per heavy atom. The average Bonchev–Trinajstić information content (AvgIpc) is 3.49. The molecule has 12 nitrogen and oxygen atoms in total. The number of aliphatic carboxylic acids is 1. The van der Waals surface area contributed by atoms with Crippen LogP contribution < -0.4 is 10.4 Å². The Bertz CT molecular complexity index is 1360. The van der Waals surface area contributed by atoms with Crippen molar-refractivity contribution in [3.8, 4) is 6.07 Å². The summed E-state index contributed by atoms with van der Waals surface area (Å²) in [7, 11) is 1.94. The molecule has 2 aromatic rings. The van der Waals surface area contributed by atoms with Crippen LogP contribution in [0.4, 0.5) is 23.8 Å². The number of halogens is 4. The Kier molecular flexibility index (Phi) is 13.4. The molecule has 45 heavy (non-hydrogen) atoms. The molecule has 246 valence electrons. The summed E-state index contributed by atoms with van der Waals surface area (Å²) in [6.45, 7) is 8.14. The summed E-state index contributed by atoms with van der Waals surface area (Å²) in [5.74, 6) is -2.75. The number of nitrogens with zero attached hydrogens (tertiary/aromatic N) is 6. The molecule has 0 bridgehead atoms. The fourth-order valence-corrected chi connectivity index (χ4v) is 4.68. The maximum atomic E-state index is 13.2. The zero-order chi connectivity index (χ0) is 33.9. The molecule has 1 heterocycles. The van der Waals surface area contributed by atoms with Crippen LogP contribution in [0.3, 0.4) is 0 Å². The van der Waals surface area contributed by atoms with Gasteiger partial charge in [0.05, 0.1) is 12.2 Å². The number of aromatic nitrogens is 2. The third-order valence-corrected chi connectivity index (χ3v) is 6.83. The van der Waals surface area contributed by atoms with Crippen LogP contribution in [-0.2, 0) is 11.3 Å². The van der Waals surface area contributed by atoms with Gasteiger partial charge >= 0.3 is 18.2 Å². The van der Waals surface area contributed by atoms with Crippen molar-refractivity contribution in [1.82, 2.24) is 25.2 Å². The number of hydrogen-bond acceptors (Lipinski definition) is 8. The minimum absolute atomic E-state index is 0.0139. The smallest absolute Gasteiger partial charge is 0.475 e. The van der Waals surface area contributed by atoms with Gasteiger partial charge < -0.3 is 20.0 Å². The first-order valence-electron chi connectivity index (χ1n) is 14.0. The highest BCUT2D eigenvalue weighted by molar-refractivity contribution is 6.32. The van der Waals surface area contributed by atoms with E-state index in [-0.39, 0.29) is 28.2 Å². The molecular weight excluding hydrogens is 619 g/mol. The van der Waals surface area contributed by atoms with Gasteiger partial charge in [0.15, 0.2) is 5.82 Å². The lowest BCUT2D eigenvalue weighted by Gasteiger charge is -2.30. The van der Waals surface area contributed by atoms with Crippen LogP contribution in [0.25, 0.3) is 0 Å². The monoisotopic (exact) mass is 655 g/mol. The summed E-state index contributed by atoms with van der Waals surface area (Å²) in [6.07, 6.45) is -0.796. The number of nitriles is 1. The van der Waals surface area contributed by atoms with Crippen LogP contribution in [0.2, 0.25) is 5.02 Å². The van der Waals surface area contributed by atoms with Crippen molar-refractivity contribution in [2.45, 2.75) is 65.2 Å². The van der Waals surface area contributed by atoms with E-state index in [9.17, 15) is 33.1 Å². The zero-order valence-electron chi connectivity index (χ0n) is 25.4. The average molecular weight is 656 g/mol. The number of nitrogens with one attached hydrogen (secondary N) is 1. The van der Waals surface area contributed by atoms with Crippen LogP contribution in [0.1, 0.15) is 68.2 Å². The number of carbonyl (C=O) groups excluding carboxylic acids is 1. The Balaban J connectivity index is 0.000000900. The number of anilines is 1. The summed E-state index contributed by atoms with van der Waals surface area (Å²) in [5, 5.41) is 27.8. The van der Waals surface area contributed by atoms with Crippen LogP contribution in [0.15, 0.2) is 30.5 Å². The number of hydrazine groups is 1. The number of carboxylic acids is 1. The van der Waals surface area contributed by atoms with Gasteiger partial charge in [-0.25, -0.2) is 14.6 Å². The van der Waals surface area contributed by atoms with E-state index < -0.39 is 18.2 Å². The summed E-state index contributed by atoms with van der Waals surface area (Å²) in [4.78, 5) is 45.3. The van der Waals surface area contributed by atoms with E-state index in [1.54, 1.807) is 17.1 Å². The van der Waals surface area contributed by atoms with Crippen LogP contribution in [0, 0.1) is 16.7 Å². The molecule has 2 amide bonds. The summed E-state index contributed by atoms with van der Waals surface area (Å²) in [6, 6.07) is 9.24. The van der Waals surface area contributed by atoms with E-state index in [1.807, 2.05) is 46.0 Å². The minimum Gasteiger partial charge on any atom is -0.475 e. The van der Waals surface area contributed by atoms with Crippen molar-refractivity contribution in [2.24, 2.45) is 5.41 Å². The van der Waals surface area contributed by atoms with Gasteiger partial charge in [-0.1, -0.05) is 57.3 Å². The van der Waals surface area contributed by atoms with Gasteiger partial charge in [-0.3, -0.25) is 15.2 Å². The molecule has 0 unspecified atom stereocenters. The van der Waals surface area contributed by atoms with Crippen LogP contribution >= 0.6 is 11.6 Å². The Labute approximate surface area is 264 Å². The minimum atomic E-state index is -5.08. The molecule has 0 radical (unpaired) electrons. The van der Waals surface area contributed by atoms with Crippen molar-refractivity contribution >= 4 is 35.4 Å². The first-order chi connectivity index (χ1) is 20.9. The van der Waals surface area contributed by atoms with Gasteiger partial charge in [-0.05, 0) is 43.0 Å². The van der Waals surface area contributed by atoms with Gasteiger partial charge in [-0.2, -0.15) is 23.4 Å². The van der Waals surface area contributed by atoms with Crippen molar-refractivity contribution in [2.75, 3.05) is 31.7 Å². The lowest BCUT2D eigenvalue weighted by Crippen LogP contribution is -2.48. The normalized spacial score (nSPS) is 13.4. The van der Waals surface area contributed by atoms with Crippen LogP contribution in [0.5, 0.6) is 0 Å². The number of rotatable bonds is 10. The lowest BCUT2D eigenvalue weighted by molar-refractivity contribution is -0.192. The second-order valence-corrected chi connectivity index (χ2v) is 12.1. The SMILES string of the molecule is CN(CCN(CC(C)(C)C)C(=O)O)Cc1ccc(C(=O)NN(c2nc(C#N)ncc2Cl)C2CCCC2)cc1.O=C(O)C(F)(F)F. The first-order valence-corrected chi connectivity index (χ1v) is 14.4. The van der Waals surface area contributed by atoms with E-state index in [2.05, 4.69) is 20.3 Å². The molecule has 1 fully saturated rings. The van der Waals surface area contributed by atoms with Gasteiger partial charge in [0.25, 0.3) is 5.91 Å². The van der Waals surface area contributed by atoms with E-state index >= 15 is 0 Å². The summed E-state index contributed by atoms with van der Waals surface area (Å²) >= 11 is 6.35. The maximum Gasteiger partial charge on any atom is 0.490 e. The number of alkyl halides is 3. The Morgan fingerprint density at radius 1 is 1.09 bits per heavy atom. The second kappa shape index (κ2) is 16.2. The first kappa shape index (κ1) is 37.0. The number of carboxylic acid groups (broad SMARTS) is 2. The third kappa shape index (κ3) is 12.4. The molecule has 1 aromatic carbocycles. The fraction of sp³-hybridized carbons (Fsp3) is 0.517. The highest BCUT2D eigenvalue weighted by Gasteiger charge is 2.38. The maximum absolute atomic E-state index is 13.2. The van der Waals surface area contributed by atoms with Gasteiger partial charge in [0.2, 0.25) is 5.82 Å². The van der Waals surface area contributed by atoms with Gasteiger partial charge in [0.1, 0.15) is 11.1 Å². The predicted octanol–water partition coefficient (Wildman–Crippen LogP) is 5.19. The molecule has 3 N–H and O–H groups in total. The largest absolute Gasteiger partial charge is 0.490 e. The molecule has 1 aromatic heterocycles. The zero-order valence-corrected chi connectivity index (χ0v) is 26.2. The molecule has 0 spiro atoms. The van der Waals surface area contributed by atoms with E-state index in [4.69, 9.17) is 21.5 Å². The Morgan fingerprint density at radius 3 is 2.16 bits per heavy atom. The molecule has 0 atom stereocenters. The van der Waals surface area contributed by atoms with Crippen LogP contribution in [-0.4, -0.2) is 86.9 Å². The molecule has 16 heteroatoms. The second-order valence-electron chi connectivity index (χ2n) is 11.7. The molecule has 3 rings (SSSR count). The number of likely N-dealkylation sites (N-methyl/N-ethyl adjacent to an activating group) is 1. The quantitative estimate of drug-likeness (QED) is 0.290. The predicted molar refractivity (Wildman–Crippen MR) is 159 cm³/mol. The number of amides is 2. The lowest BCUT2D eigenvalue weighted by atomic mass is 9.96. The topological polar surface area (TPSA) is 163 Å². The number of hydrogen-bond donors (Lipinski definition) is 3. The molecule has 0 saturated heterocycles. The van der Waals surface area contributed by atoms with Crippen molar-refractivity contribution in [3.63, 3.8) is 0 Å². The van der Waals surface area contributed by atoms with E-state index in [0.29, 0.717) is 37.6 Å². The Hall–Kier alpha value is -4.16. The highest BCUT2D eigenvalue weighted by atomic mass is 35.5. The third-order valence-electron chi connectivity index (χ3n) is 6.56. The number of benzene rings is 1. The van der Waals surface area contributed by atoms with E-state index in [0.717, 1.165) is 31.2 Å². The number of carbonyl (C=O) groups is 3. The molecule has 0 aliphatic heterocycles. The van der Waals surface area contributed by atoms with Crippen molar-refractivity contribution < 1.29 is 37.8 Å².